The number of allylic oxidation sites excluding steroid dienone is 2. The van der Waals surface area contributed by atoms with Gasteiger partial charge in [-0.05, 0) is 37.5 Å². The van der Waals surface area contributed by atoms with Crippen molar-refractivity contribution in [2.24, 2.45) is 11.8 Å². The van der Waals surface area contributed by atoms with Gasteiger partial charge in [0.25, 0.3) is 0 Å². The number of carbonyl (C=O) groups excluding carboxylic acids is 3. The first-order valence-corrected chi connectivity index (χ1v) is 9.73. The van der Waals surface area contributed by atoms with Crippen molar-refractivity contribution < 1.29 is 23.9 Å². The van der Waals surface area contributed by atoms with Crippen LogP contribution in [0.3, 0.4) is 0 Å². The lowest BCUT2D eigenvalue weighted by Crippen LogP contribution is -2.36. The number of rotatable bonds is 5. The number of imide groups is 1. The van der Waals surface area contributed by atoms with Gasteiger partial charge >= 0.3 is 0 Å². The number of nitrogens with one attached hydrogen (secondary N) is 1. The zero-order chi connectivity index (χ0) is 19.7. The van der Waals surface area contributed by atoms with E-state index in [2.05, 4.69) is 5.32 Å². The van der Waals surface area contributed by atoms with E-state index in [4.69, 9.17) is 9.47 Å². The van der Waals surface area contributed by atoms with Crippen molar-refractivity contribution in [1.29, 1.82) is 0 Å². The van der Waals surface area contributed by atoms with E-state index < -0.39 is 0 Å². The van der Waals surface area contributed by atoms with Crippen molar-refractivity contribution in [3.63, 3.8) is 0 Å². The molecule has 2 aliphatic heterocycles. The van der Waals surface area contributed by atoms with Gasteiger partial charge in [0.15, 0.2) is 11.5 Å². The van der Waals surface area contributed by atoms with Crippen LogP contribution in [-0.4, -0.2) is 42.4 Å². The van der Waals surface area contributed by atoms with Crippen LogP contribution in [0.25, 0.3) is 0 Å². The Morgan fingerprint density at radius 2 is 1.75 bits per heavy atom. The van der Waals surface area contributed by atoms with Crippen LogP contribution < -0.4 is 14.8 Å². The number of amides is 3. The van der Waals surface area contributed by atoms with Crippen molar-refractivity contribution in [2.45, 2.75) is 32.2 Å². The van der Waals surface area contributed by atoms with Crippen LogP contribution >= 0.6 is 0 Å². The van der Waals surface area contributed by atoms with Crippen LogP contribution in [0.5, 0.6) is 11.5 Å². The van der Waals surface area contributed by atoms with Crippen molar-refractivity contribution in [2.75, 3.05) is 19.8 Å². The van der Waals surface area contributed by atoms with Gasteiger partial charge in [-0.15, -0.1) is 0 Å². The maximum atomic E-state index is 12.5. The molecule has 0 spiro atoms. The first-order chi connectivity index (χ1) is 13.5. The quantitative estimate of drug-likeness (QED) is 0.620. The third-order valence-electron chi connectivity index (χ3n) is 5.61. The number of fused-ring (bicyclic) bond motifs is 2. The van der Waals surface area contributed by atoms with E-state index in [9.17, 15) is 14.4 Å². The smallest absolute Gasteiger partial charge is 0.233 e. The molecule has 148 valence electrons. The minimum atomic E-state index is -0.253. The fraction of sp³-hybridized carbons (Fsp3) is 0.476. The van der Waals surface area contributed by atoms with Gasteiger partial charge in [-0.2, -0.15) is 0 Å². The van der Waals surface area contributed by atoms with Gasteiger partial charge in [-0.3, -0.25) is 19.3 Å². The average molecular weight is 384 g/mol. The van der Waals surface area contributed by atoms with Gasteiger partial charge < -0.3 is 14.8 Å². The fourth-order valence-electron chi connectivity index (χ4n) is 4.03. The van der Waals surface area contributed by atoms with Crippen LogP contribution in [0.15, 0.2) is 30.4 Å². The fourth-order valence-corrected chi connectivity index (χ4v) is 4.03. The molecule has 1 saturated heterocycles. The number of carbonyl (C=O) groups is 3. The minimum Gasteiger partial charge on any atom is -0.486 e. The molecule has 2 heterocycles. The predicted octanol–water partition coefficient (Wildman–Crippen LogP) is 1.98. The Labute approximate surface area is 163 Å². The summed E-state index contributed by atoms with van der Waals surface area (Å²) in [4.78, 5) is 38.5. The Morgan fingerprint density at radius 3 is 2.43 bits per heavy atom. The number of hydrogen-bond acceptors (Lipinski definition) is 5. The molecule has 1 aliphatic carbocycles. The van der Waals surface area contributed by atoms with Crippen LogP contribution in [0, 0.1) is 11.8 Å². The van der Waals surface area contributed by atoms with Gasteiger partial charge in [0.2, 0.25) is 17.7 Å². The minimum absolute atomic E-state index is 0.0965. The van der Waals surface area contributed by atoms with E-state index in [0.717, 1.165) is 5.56 Å². The maximum Gasteiger partial charge on any atom is 0.233 e. The second-order valence-electron chi connectivity index (χ2n) is 7.43. The van der Waals surface area contributed by atoms with Gasteiger partial charge in [-0.1, -0.05) is 18.2 Å². The summed E-state index contributed by atoms with van der Waals surface area (Å²) in [5.41, 5.74) is 0.906. The zero-order valence-electron chi connectivity index (χ0n) is 15.8. The molecule has 7 nitrogen and oxygen atoms in total. The summed E-state index contributed by atoms with van der Waals surface area (Å²) in [5.74, 6) is 0.384. The summed E-state index contributed by atoms with van der Waals surface area (Å²) in [6.45, 7) is 3.05. The number of nitrogens with zero attached hydrogens (tertiary/aromatic N) is 1. The lowest BCUT2D eigenvalue weighted by molar-refractivity contribution is -0.140. The Morgan fingerprint density at radius 1 is 1.11 bits per heavy atom. The summed E-state index contributed by atoms with van der Waals surface area (Å²) < 4.78 is 11.1. The SMILES string of the molecule is CC(NC(=O)CCN1C(=O)C2CC=CCC2C1=O)c1ccc2c(c1)OCCO2. The van der Waals surface area contributed by atoms with Crippen molar-refractivity contribution in [1.82, 2.24) is 10.2 Å². The summed E-state index contributed by atoms with van der Waals surface area (Å²) >= 11 is 0. The Balaban J connectivity index is 1.32. The van der Waals surface area contributed by atoms with Crippen LogP contribution in [0.1, 0.15) is 37.8 Å². The van der Waals surface area contributed by atoms with E-state index >= 15 is 0 Å². The predicted molar refractivity (Wildman–Crippen MR) is 101 cm³/mol. The lowest BCUT2D eigenvalue weighted by atomic mass is 9.85. The average Bonchev–Trinajstić information content (AvgIpc) is 2.96. The lowest BCUT2D eigenvalue weighted by Gasteiger charge is -2.21. The van der Waals surface area contributed by atoms with Crippen molar-refractivity contribution >= 4 is 17.7 Å². The van der Waals surface area contributed by atoms with E-state index in [1.54, 1.807) is 0 Å². The Bertz CT molecular complexity index is 808. The standard InChI is InChI=1S/C21H24N2O5/c1-13(14-6-7-17-18(12-14)28-11-10-27-17)22-19(24)8-9-23-20(25)15-4-2-3-5-16(15)21(23)26/h2-3,6-7,12-13,15-16H,4-5,8-11H2,1H3,(H,22,24). The van der Waals surface area contributed by atoms with Crippen LogP contribution in [0.2, 0.25) is 0 Å². The summed E-state index contributed by atoms with van der Waals surface area (Å²) in [6.07, 6.45) is 5.23. The highest BCUT2D eigenvalue weighted by molar-refractivity contribution is 6.05. The summed E-state index contributed by atoms with van der Waals surface area (Å²) in [6, 6.07) is 5.37. The third-order valence-corrected chi connectivity index (χ3v) is 5.61. The molecule has 0 aromatic heterocycles. The maximum absolute atomic E-state index is 12.5. The number of benzene rings is 1. The van der Waals surface area contributed by atoms with Crippen molar-refractivity contribution in [3.8, 4) is 11.5 Å². The molecule has 7 heteroatoms. The normalized spacial score (nSPS) is 24.1. The van der Waals surface area contributed by atoms with Gasteiger partial charge in [0.05, 0.1) is 17.9 Å². The largest absolute Gasteiger partial charge is 0.486 e. The molecule has 4 rings (SSSR count). The topological polar surface area (TPSA) is 84.9 Å². The zero-order valence-corrected chi connectivity index (χ0v) is 15.8. The Hall–Kier alpha value is -2.83. The highest BCUT2D eigenvalue weighted by Crippen LogP contribution is 2.35. The molecule has 1 fully saturated rings. The van der Waals surface area contributed by atoms with Crippen LogP contribution in [-0.2, 0) is 14.4 Å². The molecule has 28 heavy (non-hydrogen) atoms. The summed E-state index contributed by atoms with van der Waals surface area (Å²) in [5, 5.41) is 2.92. The molecule has 3 amide bonds. The molecule has 1 aromatic rings. The third kappa shape index (κ3) is 3.48. The second kappa shape index (κ2) is 7.66. The van der Waals surface area contributed by atoms with Gasteiger partial charge in [-0.25, -0.2) is 0 Å². The summed E-state index contributed by atoms with van der Waals surface area (Å²) in [7, 11) is 0. The monoisotopic (exact) mass is 384 g/mol. The molecular formula is C21H24N2O5. The van der Waals surface area contributed by atoms with Crippen molar-refractivity contribution in [3.05, 3.63) is 35.9 Å². The number of ether oxygens (including phenoxy) is 2. The highest BCUT2D eigenvalue weighted by Gasteiger charge is 2.46. The first kappa shape index (κ1) is 18.5. The molecular weight excluding hydrogens is 360 g/mol. The molecule has 0 radical (unpaired) electrons. The number of hydrogen-bond donors (Lipinski definition) is 1. The second-order valence-corrected chi connectivity index (χ2v) is 7.43. The molecule has 1 aromatic carbocycles. The molecule has 0 saturated carbocycles. The molecule has 3 unspecified atom stereocenters. The van der Waals surface area contributed by atoms with E-state index in [-0.39, 0.29) is 48.6 Å². The van der Waals surface area contributed by atoms with Crippen LogP contribution in [0.4, 0.5) is 0 Å². The number of likely N-dealkylation sites (tertiary alicyclic amines) is 1. The van der Waals surface area contributed by atoms with E-state index in [1.165, 1.54) is 4.90 Å². The first-order valence-electron chi connectivity index (χ1n) is 9.73. The van der Waals surface area contributed by atoms with E-state index in [1.807, 2.05) is 37.3 Å². The highest BCUT2D eigenvalue weighted by atomic mass is 16.6. The Kier molecular flexibility index (Phi) is 5.07. The molecule has 1 N–H and O–H groups in total. The van der Waals surface area contributed by atoms with E-state index in [0.29, 0.717) is 37.6 Å². The molecule has 0 bridgehead atoms. The molecule has 3 atom stereocenters. The van der Waals surface area contributed by atoms with Gasteiger partial charge in [0.1, 0.15) is 13.2 Å². The van der Waals surface area contributed by atoms with Gasteiger partial charge in [0, 0.05) is 13.0 Å². The molecule has 3 aliphatic rings.